The lowest BCUT2D eigenvalue weighted by Gasteiger charge is -2.46. The van der Waals surface area contributed by atoms with Gasteiger partial charge in [-0.2, -0.15) is 0 Å². The smallest absolute Gasteiger partial charge is 0.220 e. The zero-order valence-corrected chi connectivity index (χ0v) is 61.7. The average molecular weight is 1380 g/mol. The zero-order valence-electron chi connectivity index (χ0n) is 61.7. The van der Waals surface area contributed by atoms with Crippen LogP contribution in [0.25, 0.3) is 0 Å². The molecule has 564 valence electrons. The Morgan fingerprint density at radius 3 is 1.12 bits per heavy atom. The van der Waals surface area contributed by atoms with Crippen LogP contribution in [0, 0.1) is 0 Å². The summed E-state index contributed by atoms with van der Waals surface area (Å²) in [6.45, 7) is 2.70. The fourth-order valence-electron chi connectivity index (χ4n) is 12.4. The van der Waals surface area contributed by atoms with Crippen LogP contribution in [0.2, 0.25) is 0 Å². The van der Waals surface area contributed by atoms with Gasteiger partial charge in [0, 0.05) is 6.42 Å². The van der Waals surface area contributed by atoms with Crippen LogP contribution in [0.3, 0.4) is 0 Å². The molecule has 2 aliphatic heterocycles. The van der Waals surface area contributed by atoms with Gasteiger partial charge in [0.25, 0.3) is 0 Å². The second-order valence-electron chi connectivity index (χ2n) is 27.4. The molecule has 1 amide bonds. The average Bonchev–Trinajstić information content (AvgIpc) is 0.793. The minimum Gasteiger partial charge on any atom is -0.394 e. The van der Waals surface area contributed by atoms with Crippen LogP contribution in [0.15, 0.2) is 122 Å². The van der Waals surface area contributed by atoms with Crippen molar-refractivity contribution >= 4 is 5.91 Å². The molecular weight excluding hydrogens is 1230 g/mol. The van der Waals surface area contributed by atoms with Crippen molar-refractivity contribution in [1.82, 2.24) is 5.32 Å². The van der Waals surface area contributed by atoms with E-state index in [2.05, 4.69) is 129 Å². The quantitative estimate of drug-likeness (QED) is 0.0204. The van der Waals surface area contributed by atoms with Gasteiger partial charge >= 0.3 is 0 Å². The Morgan fingerprint density at radius 2 is 0.714 bits per heavy atom. The highest BCUT2D eigenvalue weighted by Crippen LogP contribution is 2.30. The topological polar surface area (TPSA) is 228 Å². The molecule has 0 bridgehead atoms. The van der Waals surface area contributed by atoms with E-state index in [1.807, 2.05) is 6.08 Å². The number of carbonyl (C=O) groups is 1. The molecule has 0 aromatic rings. The highest BCUT2D eigenvalue weighted by Gasteiger charge is 2.51. The van der Waals surface area contributed by atoms with Crippen LogP contribution >= 0.6 is 0 Å². The lowest BCUT2D eigenvalue weighted by Crippen LogP contribution is -2.65. The molecule has 2 aliphatic rings. The molecule has 0 radical (unpaired) electrons. The number of nitrogens with one attached hydrogen (secondary N) is 1. The van der Waals surface area contributed by atoms with Crippen molar-refractivity contribution in [2.45, 2.75) is 383 Å². The summed E-state index contributed by atoms with van der Waals surface area (Å²) in [5.74, 6) is -0.253. The number of amides is 1. The first-order valence-electron chi connectivity index (χ1n) is 39.8. The Hall–Kier alpha value is -3.61. The van der Waals surface area contributed by atoms with Gasteiger partial charge < -0.3 is 65.1 Å². The molecular formula is C84H145NO13. The highest BCUT2D eigenvalue weighted by atomic mass is 16.7. The number of hydrogen-bond acceptors (Lipinski definition) is 13. The van der Waals surface area contributed by atoms with E-state index in [0.717, 1.165) is 89.9 Å². The van der Waals surface area contributed by atoms with E-state index in [4.69, 9.17) is 18.9 Å². The molecule has 14 nitrogen and oxygen atoms in total. The zero-order chi connectivity index (χ0) is 70.8. The number of rotatable bonds is 65. The number of unbranched alkanes of at least 4 members (excludes halogenated alkanes) is 34. The Bertz CT molecular complexity index is 2110. The maximum atomic E-state index is 13.4. The summed E-state index contributed by atoms with van der Waals surface area (Å²) >= 11 is 0. The summed E-state index contributed by atoms with van der Waals surface area (Å²) in [6.07, 6.45) is 81.3. The largest absolute Gasteiger partial charge is 0.394 e. The number of aliphatic hydroxyl groups is 8. The molecule has 0 aromatic heterocycles. The summed E-state index contributed by atoms with van der Waals surface area (Å²) in [7, 11) is 0. The lowest BCUT2D eigenvalue weighted by molar-refractivity contribution is -0.359. The van der Waals surface area contributed by atoms with Crippen LogP contribution in [0.1, 0.15) is 309 Å². The van der Waals surface area contributed by atoms with Gasteiger partial charge in [0.05, 0.1) is 32.0 Å². The van der Waals surface area contributed by atoms with Gasteiger partial charge in [0.2, 0.25) is 5.91 Å². The third-order valence-electron chi connectivity index (χ3n) is 18.6. The van der Waals surface area contributed by atoms with Gasteiger partial charge in [-0.1, -0.05) is 328 Å². The van der Waals surface area contributed by atoms with E-state index in [-0.39, 0.29) is 18.9 Å². The Morgan fingerprint density at radius 1 is 0.378 bits per heavy atom. The Labute approximate surface area is 597 Å². The van der Waals surface area contributed by atoms with Gasteiger partial charge in [-0.3, -0.25) is 4.79 Å². The maximum Gasteiger partial charge on any atom is 0.220 e. The molecule has 0 spiro atoms. The second kappa shape index (κ2) is 66.6. The first-order chi connectivity index (χ1) is 48.1. The van der Waals surface area contributed by atoms with Crippen LogP contribution in [-0.2, 0) is 23.7 Å². The second-order valence-corrected chi connectivity index (χ2v) is 27.4. The molecule has 2 rings (SSSR count). The third kappa shape index (κ3) is 49.1. The first-order valence-corrected chi connectivity index (χ1v) is 39.8. The van der Waals surface area contributed by atoms with E-state index >= 15 is 0 Å². The molecule has 0 aromatic carbocycles. The van der Waals surface area contributed by atoms with Crippen molar-refractivity contribution in [3.8, 4) is 0 Å². The molecule has 12 unspecified atom stereocenters. The predicted molar refractivity (Wildman–Crippen MR) is 405 cm³/mol. The normalized spacial score (nSPS) is 22.7. The van der Waals surface area contributed by atoms with Crippen LogP contribution in [0.5, 0.6) is 0 Å². The molecule has 2 heterocycles. The summed E-state index contributed by atoms with van der Waals surface area (Å²) in [6, 6.07) is -0.942. The summed E-state index contributed by atoms with van der Waals surface area (Å²) in [4.78, 5) is 13.4. The predicted octanol–water partition coefficient (Wildman–Crippen LogP) is 18.0. The number of allylic oxidation sites excluding steroid dienone is 19. The minimum absolute atomic E-state index is 0.253. The molecule has 2 saturated heterocycles. The van der Waals surface area contributed by atoms with Crippen LogP contribution < -0.4 is 5.32 Å². The molecule has 98 heavy (non-hydrogen) atoms. The maximum absolute atomic E-state index is 13.4. The Kier molecular flexibility index (Phi) is 61.5. The van der Waals surface area contributed by atoms with Crippen molar-refractivity contribution in [2.75, 3.05) is 19.8 Å². The van der Waals surface area contributed by atoms with Gasteiger partial charge in [-0.05, 0) is 96.3 Å². The van der Waals surface area contributed by atoms with Gasteiger partial charge in [-0.15, -0.1) is 0 Å². The number of aliphatic hydroxyl groups excluding tert-OH is 8. The first kappa shape index (κ1) is 90.5. The van der Waals surface area contributed by atoms with E-state index in [9.17, 15) is 45.6 Å². The summed E-state index contributed by atoms with van der Waals surface area (Å²) in [5, 5.41) is 87.6. The molecule has 0 aliphatic carbocycles. The Balaban J connectivity index is 1.64. The van der Waals surface area contributed by atoms with Crippen LogP contribution in [-0.4, -0.2) is 140 Å². The fraction of sp³-hybridized carbons (Fsp3) is 0.750. The van der Waals surface area contributed by atoms with Crippen molar-refractivity contribution in [2.24, 2.45) is 0 Å². The third-order valence-corrected chi connectivity index (χ3v) is 18.6. The highest BCUT2D eigenvalue weighted by molar-refractivity contribution is 5.76. The molecule has 12 atom stereocenters. The van der Waals surface area contributed by atoms with Crippen molar-refractivity contribution in [3.05, 3.63) is 122 Å². The fourth-order valence-corrected chi connectivity index (χ4v) is 12.4. The van der Waals surface area contributed by atoms with E-state index in [1.54, 1.807) is 6.08 Å². The van der Waals surface area contributed by atoms with Gasteiger partial charge in [-0.25, -0.2) is 0 Å². The van der Waals surface area contributed by atoms with Crippen molar-refractivity contribution in [3.63, 3.8) is 0 Å². The lowest BCUT2D eigenvalue weighted by atomic mass is 9.97. The van der Waals surface area contributed by atoms with E-state index in [1.165, 1.54) is 186 Å². The number of ether oxygens (including phenoxy) is 4. The number of hydrogen-bond donors (Lipinski definition) is 9. The van der Waals surface area contributed by atoms with E-state index < -0.39 is 86.8 Å². The SMILES string of the molecule is CC/C=C\C/C=C\C/C=C\C/C=C\C/C=C\C/C=C\C/C=C\C/C=C\CCCCCCCCCCCCCCC(=O)NC(COC1OC(CO)C(OC2OC(CO)C(O)C(O)C2O)C(O)C1O)C(O)/C=C/CC/C=C/CCCCCCCCCCCCCCCCCCCCCCC. The molecule has 0 saturated carbocycles. The standard InChI is InChI=1S/C84H145NO13/c1-3-5-7-9-11-13-15-17-19-21-23-25-27-29-31-32-33-34-35-36-37-38-39-40-42-44-46-48-50-52-54-56-58-60-62-64-66-68-76(89)85-72(71-95-83-81(94)79(92)82(75(70-87)97-83)98-84-80(93)78(91)77(90)74(69-86)96-84)73(88)67-65-63-61-59-57-55-53-51-49-47-45-43-41-30-28-26-24-22-20-18-16-14-12-10-8-6-4-2/h5,7,11,13,17,19,23,25,29,31,33-34,36-37,39-40,57,59,65,67,72-75,77-84,86-88,90-94H,3-4,6,8-10,12,14-16,18,20-22,24,26-28,30,32,35,38,41-56,58,60-64,66,68-71H2,1-2H3,(H,85,89)/b7-5-,13-11-,19-17-,25-23-,31-29-,34-33-,37-36-,40-39-,59-57+,67-65+. The summed E-state index contributed by atoms with van der Waals surface area (Å²) < 4.78 is 22.9. The van der Waals surface area contributed by atoms with Crippen LogP contribution in [0.4, 0.5) is 0 Å². The molecule has 2 fully saturated rings. The van der Waals surface area contributed by atoms with Gasteiger partial charge in [0.1, 0.15) is 48.8 Å². The monoisotopic (exact) mass is 1380 g/mol. The van der Waals surface area contributed by atoms with E-state index in [0.29, 0.717) is 12.8 Å². The van der Waals surface area contributed by atoms with Crippen molar-refractivity contribution < 1.29 is 64.6 Å². The molecule has 14 heteroatoms. The van der Waals surface area contributed by atoms with Gasteiger partial charge in [0.15, 0.2) is 12.6 Å². The summed E-state index contributed by atoms with van der Waals surface area (Å²) in [5.41, 5.74) is 0. The molecule has 9 N–H and O–H groups in total. The van der Waals surface area contributed by atoms with Crippen molar-refractivity contribution in [1.29, 1.82) is 0 Å². The minimum atomic E-state index is -1.80. The number of carbonyl (C=O) groups excluding carboxylic acids is 1.